The fourth-order valence-corrected chi connectivity index (χ4v) is 1.86. The quantitative estimate of drug-likeness (QED) is 0.599. The minimum absolute atomic E-state index is 0.0244. The molecule has 1 rings (SSSR count). The van der Waals surface area contributed by atoms with Gasteiger partial charge in [0.25, 0.3) is 0 Å². The van der Waals surface area contributed by atoms with E-state index in [2.05, 4.69) is 5.32 Å². The van der Waals surface area contributed by atoms with E-state index in [0.717, 1.165) is 5.56 Å². The molecule has 0 atom stereocenters. The molecule has 0 spiro atoms. The molecule has 0 radical (unpaired) electrons. The first-order chi connectivity index (χ1) is 9.11. The van der Waals surface area contributed by atoms with Crippen LogP contribution < -0.4 is 5.32 Å². The molecule has 0 aromatic heterocycles. The number of benzene rings is 1. The van der Waals surface area contributed by atoms with Crippen LogP contribution in [0.2, 0.25) is 10.0 Å². The maximum absolute atomic E-state index is 11.5. The lowest BCUT2D eigenvalue weighted by atomic mass is 10.2. The molecule has 0 bridgehead atoms. The minimum atomic E-state index is -0.233. The van der Waals surface area contributed by atoms with Crippen LogP contribution in [0.5, 0.6) is 0 Å². The molecule has 0 saturated heterocycles. The van der Waals surface area contributed by atoms with Gasteiger partial charge in [-0.15, -0.1) is 0 Å². The van der Waals surface area contributed by atoms with Crippen LogP contribution in [0.1, 0.15) is 5.56 Å². The number of ether oxygens (including phenoxy) is 1. The number of carbonyl (C=O) groups excluding carboxylic acids is 1. The number of nitrogens with one attached hydrogen (secondary N) is 1. The maximum atomic E-state index is 11.5. The van der Waals surface area contributed by atoms with Gasteiger partial charge in [-0.3, -0.25) is 4.79 Å². The third-order valence-corrected chi connectivity index (χ3v) is 2.53. The van der Waals surface area contributed by atoms with E-state index >= 15 is 0 Å². The predicted octanol–water partition coefficient (Wildman–Crippen LogP) is 2.13. The van der Waals surface area contributed by atoms with Crippen LogP contribution >= 0.6 is 23.2 Å². The Morgan fingerprint density at radius 2 is 1.95 bits per heavy atom. The Balaban J connectivity index is 2.36. The highest BCUT2D eigenvalue weighted by molar-refractivity contribution is 6.34. The van der Waals surface area contributed by atoms with Crippen molar-refractivity contribution >= 4 is 35.2 Å². The Kier molecular flexibility index (Phi) is 7.52. The van der Waals surface area contributed by atoms with Crippen LogP contribution in [0, 0.1) is 0 Å². The van der Waals surface area contributed by atoms with Crippen LogP contribution in [0.15, 0.2) is 24.3 Å². The first kappa shape index (κ1) is 16.0. The zero-order valence-corrected chi connectivity index (χ0v) is 11.7. The number of hydrogen-bond acceptors (Lipinski definition) is 3. The Morgan fingerprint density at radius 1 is 1.26 bits per heavy atom. The van der Waals surface area contributed by atoms with Crippen molar-refractivity contribution in [3.63, 3.8) is 0 Å². The molecule has 2 N–H and O–H groups in total. The van der Waals surface area contributed by atoms with E-state index < -0.39 is 0 Å². The molecule has 0 heterocycles. The van der Waals surface area contributed by atoms with Crippen LogP contribution in [0.4, 0.5) is 0 Å². The molecular formula is C13H15Cl2NO3. The average molecular weight is 304 g/mol. The number of rotatable bonds is 7. The van der Waals surface area contributed by atoms with Gasteiger partial charge in [0.1, 0.15) is 0 Å². The molecule has 0 aliphatic heterocycles. The van der Waals surface area contributed by atoms with E-state index in [1.807, 2.05) is 0 Å². The Hall–Kier alpha value is -1.07. The summed E-state index contributed by atoms with van der Waals surface area (Å²) >= 11 is 11.7. The van der Waals surface area contributed by atoms with Crippen molar-refractivity contribution < 1.29 is 14.6 Å². The number of aliphatic hydroxyl groups excluding tert-OH is 1. The lowest BCUT2D eigenvalue weighted by Crippen LogP contribution is -2.25. The SMILES string of the molecule is O=C(/C=C\c1cc(Cl)cc(Cl)c1)NCCOCCO. The molecule has 0 fully saturated rings. The van der Waals surface area contributed by atoms with Crippen molar-refractivity contribution in [2.24, 2.45) is 0 Å². The molecule has 0 saturated carbocycles. The molecule has 1 amide bonds. The smallest absolute Gasteiger partial charge is 0.244 e. The number of amides is 1. The summed E-state index contributed by atoms with van der Waals surface area (Å²) in [6, 6.07) is 5.04. The molecule has 104 valence electrons. The van der Waals surface area contributed by atoms with E-state index in [1.54, 1.807) is 24.3 Å². The summed E-state index contributed by atoms with van der Waals surface area (Å²) in [6.07, 6.45) is 3.02. The van der Waals surface area contributed by atoms with Crippen molar-refractivity contribution in [1.29, 1.82) is 0 Å². The fraction of sp³-hybridized carbons (Fsp3) is 0.308. The number of carbonyl (C=O) groups is 1. The summed E-state index contributed by atoms with van der Waals surface area (Å²) in [5, 5.41) is 12.2. The zero-order chi connectivity index (χ0) is 14.1. The van der Waals surface area contributed by atoms with Gasteiger partial charge in [-0.25, -0.2) is 0 Å². The molecule has 1 aromatic rings. The Bertz CT molecular complexity index is 429. The Labute approximate surface area is 122 Å². The van der Waals surface area contributed by atoms with E-state index in [1.165, 1.54) is 6.08 Å². The van der Waals surface area contributed by atoms with Crippen molar-refractivity contribution in [2.45, 2.75) is 0 Å². The fourth-order valence-electron chi connectivity index (χ4n) is 1.32. The zero-order valence-electron chi connectivity index (χ0n) is 10.2. The van der Waals surface area contributed by atoms with Crippen LogP contribution in [0.3, 0.4) is 0 Å². The molecule has 0 aliphatic carbocycles. The summed E-state index contributed by atoms with van der Waals surface area (Å²) in [4.78, 5) is 11.5. The van der Waals surface area contributed by atoms with Crippen LogP contribution in [-0.2, 0) is 9.53 Å². The second-order valence-corrected chi connectivity index (χ2v) is 4.54. The van der Waals surface area contributed by atoms with Crippen molar-refractivity contribution in [2.75, 3.05) is 26.4 Å². The minimum Gasteiger partial charge on any atom is -0.394 e. The van der Waals surface area contributed by atoms with E-state index in [4.69, 9.17) is 33.0 Å². The third kappa shape index (κ3) is 7.18. The highest BCUT2D eigenvalue weighted by Gasteiger charge is 1.97. The number of aliphatic hydroxyl groups is 1. The average Bonchev–Trinajstić information content (AvgIpc) is 2.35. The molecule has 6 heteroatoms. The van der Waals surface area contributed by atoms with E-state index in [0.29, 0.717) is 23.2 Å². The number of hydrogen-bond donors (Lipinski definition) is 2. The van der Waals surface area contributed by atoms with Crippen molar-refractivity contribution in [1.82, 2.24) is 5.32 Å². The number of halogens is 2. The second kappa shape index (κ2) is 8.93. The molecular weight excluding hydrogens is 289 g/mol. The second-order valence-electron chi connectivity index (χ2n) is 3.66. The lowest BCUT2D eigenvalue weighted by Gasteiger charge is -2.03. The summed E-state index contributed by atoms with van der Waals surface area (Å²) in [5.41, 5.74) is 0.754. The maximum Gasteiger partial charge on any atom is 0.244 e. The van der Waals surface area contributed by atoms with Crippen molar-refractivity contribution in [3.05, 3.63) is 39.9 Å². The standard InChI is InChI=1S/C13H15Cl2NO3/c14-11-7-10(8-12(15)9-11)1-2-13(18)16-3-5-19-6-4-17/h1-2,7-9,17H,3-6H2,(H,16,18)/b2-1-. The molecule has 4 nitrogen and oxygen atoms in total. The predicted molar refractivity (Wildman–Crippen MR) is 76.4 cm³/mol. The monoisotopic (exact) mass is 303 g/mol. The first-order valence-electron chi connectivity index (χ1n) is 5.72. The van der Waals surface area contributed by atoms with Gasteiger partial charge >= 0.3 is 0 Å². The van der Waals surface area contributed by atoms with E-state index in [9.17, 15) is 4.79 Å². The van der Waals surface area contributed by atoms with Gasteiger partial charge in [0.2, 0.25) is 5.91 Å². The molecule has 0 unspecified atom stereocenters. The van der Waals surface area contributed by atoms with Gasteiger partial charge in [-0.05, 0) is 29.8 Å². The van der Waals surface area contributed by atoms with Gasteiger partial charge in [0.05, 0.1) is 19.8 Å². The molecule has 0 aliphatic rings. The third-order valence-electron chi connectivity index (χ3n) is 2.09. The summed E-state index contributed by atoms with van der Waals surface area (Å²) < 4.78 is 5.00. The highest BCUT2D eigenvalue weighted by atomic mass is 35.5. The largest absolute Gasteiger partial charge is 0.394 e. The first-order valence-corrected chi connectivity index (χ1v) is 6.48. The molecule has 19 heavy (non-hydrogen) atoms. The van der Waals surface area contributed by atoms with E-state index in [-0.39, 0.29) is 19.1 Å². The normalized spacial score (nSPS) is 10.9. The van der Waals surface area contributed by atoms with Crippen LogP contribution in [0.25, 0.3) is 6.08 Å². The summed E-state index contributed by atoms with van der Waals surface area (Å²) in [7, 11) is 0. The highest BCUT2D eigenvalue weighted by Crippen LogP contribution is 2.19. The van der Waals surface area contributed by atoms with Gasteiger partial charge in [-0.2, -0.15) is 0 Å². The molecule has 1 aromatic carbocycles. The Morgan fingerprint density at radius 3 is 2.58 bits per heavy atom. The lowest BCUT2D eigenvalue weighted by molar-refractivity contribution is -0.116. The van der Waals surface area contributed by atoms with Crippen molar-refractivity contribution in [3.8, 4) is 0 Å². The summed E-state index contributed by atoms with van der Waals surface area (Å²) in [5.74, 6) is -0.233. The van der Waals surface area contributed by atoms with Crippen LogP contribution in [-0.4, -0.2) is 37.4 Å². The van der Waals surface area contributed by atoms with Gasteiger partial charge < -0.3 is 15.2 Å². The van der Waals surface area contributed by atoms with Gasteiger partial charge in [-0.1, -0.05) is 23.2 Å². The summed E-state index contributed by atoms with van der Waals surface area (Å²) in [6.45, 7) is 0.999. The topological polar surface area (TPSA) is 58.6 Å². The van der Waals surface area contributed by atoms with Gasteiger partial charge in [0.15, 0.2) is 0 Å². The van der Waals surface area contributed by atoms with Gasteiger partial charge in [0, 0.05) is 22.7 Å².